The number of anilines is 2. The largest absolute Gasteiger partial charge is 0.452 e. The van der Waals surface area contributed by atoms with Gasteiger partial charge in [0.25, 0.3) is 5.91 Å². The highest BCUT2D eigenvalue weighted by molar-refractivity contribution is 9.10. The lowest BCUT2D eigenvalue weighted by atomic mass is 9.81. The fraction of sp³-hybridized carbons (Fsp3) is 0.360. The average molecular weight is 511 g/mol. The smallest absolute Gasteiger partial charge is 0.338 e. The van der Waals surface area contributed by atoms with Crippen molar-refractivity contribution in [1.29, 1.82) is 0 Å². The van der Waals surface area contributed by atoms with E-state index in [1.165, 1.54) is 17.0 Å². The lowest BCUT2D eigenvalue weighted by Crippen LogP contribution is -2.32. The lowest BCUT2D eigenvalue weighted by molar-refractivity contribution is -0.123. The lowest BCUT2D eigenvalue weighted by Gasteiger charge is -2.19. The van der Waals surface area contributed by atoms with Gasteiger partial charge in [-0.15, -0.1) is 0 Å². The zero-order chi connectivity index (χ0) is 23.3. The summed E-state index contributed by atoms with van der Waals surface area (Å²) in [7, 11) is 0. The molecule has 1 saturated heterocycles. The number of nitrogens with zero attached hydrogens (tertiary/aromatic N) is 1. The first-order valence-corrected chi connectivity index (χ1v) is 11.8. The zero-order valence-corrected chi connectivity index (χ0v) is 19.6. The molecule has 0 radical (unpaired) electrons. The molecule has 8 heteroatoms. The summed E-state index contributed by atoms with van der Waals surface area (Å²) in [5.41, 5.74) is 2.29. The summed E-state index contributed by atoms with van der Waals surface area (Å²) in [6.07, 6.45) is 3.04. The molecule has 2 aromatic carbocycles. The molecule has 0 aromatic heterocycles. The summed E-state index contributed by atoms with van der Waals surface area (Å²) >= 11 is 3.40. The molecule has 170 valence electrons. The first-order valence-electron chi connectivity index (χ1n) is 11.0. The van der Waals surface area contributed by atoms with Gasteiger partial charge in [-0.1, -0.05) is 15.9 Å². The summed E-state index contributed by atoms with van der Waals surface area (Å²) in [6.45, 7) is 1.48. The van der Waals surface area contributed by atoms with Crippen LogP contribution in [0.25, 0.3) is 0 Å². The van der Waals surface area contributed by atoms with E-state index >= 15 is 0 Å². The van der Waals surface area contributed by atoms with Crippen molar-refractivity contribution in [3.8, 4) is 0 Å². The molecule has 0 unspecified atom stereocenters. The third kappa shape index (κ3) is 3.86. The predicted molar refractivity (Wildman–Crippen MR) is 125 cm³/mol. The Labute approximate surface area is 199 Å². The van der Waals surface area contributed by atoms with Crippen LogP contribution in [0.5, 0.6) is 0 Å². The van der Waals surface area contributed by atoms with Crippen LogP contribution in [0.4, 0.5) is 11.4 Å². The van der Waals surface area contributed by atoms with Gasteiger partial charge in [0.15, 0.2) is 6.61 Å². The Morgan fingerprint density at radius 3 is 2.27 bits per heavy atom. The maximum absolute atomic E-state index is 12.9. The molecule has 7 nitrogen and oxygen atoms in total. The number of carbonyl (C=O) groups excluding carboxylic acids is 4. The van der Waals surface area contributed by atoms with E-state index < -0.39 is 18.5 Å². The van der Waals surface area contributed by atoms with Crippen LogP contribution in [-0.2, 0) is 19.1 Å². The Hall–Kier alpha value is -3.00. The van der Waals surface area contributed by atoms with Crippen molar-refractivity contribution in [3.63, 3.8) is 0 Å². The van der Waals surface area contributed by atoms with Crippen LogP contribution in [0.15, 0.2) is 46.9 Å². The van der Waals surface area contributed by atoms with E-state index in [2.05, 4.69) is 21.2 Å². The monoisotopic (exact) mass is 510 g/mol. The first-order chi connectivity index (χ1) is 15.8. The molecule has 1 N–H and O–H groups in total. The molecule has 3 amide bonds. The molecule has 5 rings (SSSR count). The highest BCUT2D eigenvalue weighted by atomic mass is 79.9. The van der Waals surface area contributed by atoms with Crippen LogP contribution >= 0.6 is 15.9 Å². The standard InChI is InChI=1S/C25H23BrN2O5/c1-13-10-17(6-9-19(13)26)27-20(29)12-33-25(32)14-4-7-18(8-5-14)28-23(30)21-15-2-3-16(11-15)22(21)24(28)31/h4-10,15-16,21-22H,2-3,11-12H2,1H3,(H,27,29)/t15-,16-,21-,22+/m0/s1. The van der Waals surface area contributed by atoms with Crippen LogP contribution in [0.2, 0.25) is 0 Å². The van der Waals surface area contributed by atoms with E-state index in [4.69, 9.17) is 4.74 Å². The number of aryl methyl sites for hydroxylation is 1. The number of imide groups is 1. The van der Waals surface area contributed by atoms with Crippen molar-refractivity contribution in [3.05, 3.63) is 58.1 Å². The minimum Gasteiger partial charge on any atom is -0.452 e. The Morgan fingerprint density at radius 1 is 1.03 bits per heavy atom. The number of rotatable bonds is 5. The SMILES string of the molecule is Cc1cc(NC(=O)COC(=O)c2ccc(N3C(=O)[C@@H]4[C@H]5CC[C@@H](C5)[C@@H]4C3=O)cc2)ccc1Br. The second kappa shape index (κ2) is 8.41. The summed E-state index contributed by atoms with van der Waals surface area (Å²) in [6, 6.07) is 11.6. The minimum absolute atomic E-state index is 0.118. The highest BCUT2D eigenvalue weighted by Crippen LogP contribution is 2.56. The van der Waals surface area contributed by atoms with E-state index in [1.807, 2.05) is 19.1 Å². The maximum atomic E-state index is 12.9. The van der Waals surface area contributed by atoms with Gasteiger partial charge in [0.2, 0.25) is 11.8 Å². The van der Waals surface area contributed by atoms with E-state index in [1.54, 1.807) is 18.2 Å². The highest BCUT2D eigenvalue weighted by Gasteiger charge is 2.61. The molecule has 3 fully saturated rings. The van der Waals surface area contributed by atoms with Crippen molar-refractivity contribution in [1.82, 2.24) is 0 Å². The van der Waals surface area contributed by atoms with Crippen molar-refractivity contribution < 1.29 is 23.9 Å². The molecule has 4 atom stereocenters. The number of carbonyl (C=O) groups is 4. The van der Waals surface area contributed by atoms with Gasteiger partial charge in [0.1, 0.15) is 0 Å². The number of hydrogen-bond acceptors (Lipinski definition) is 5. The molecular formula is C25H23BrN2O5. The van der Waals surface area contributed by atoms with Crippen LogP contribution < -0.4 is 10.2 Å². The second-order valence-corrected chi connectivity index (χ2v) is 9.89. The third-order valence-electron chi connectivity index (χ3n) is 7.06. The predicted octanol–water partition coefficient (Wildman–Crippen LogP) is 4.09. The number of nitrogens with one attached hydrogen (secondary N) is 1. The number of ether oxygens (including phenoxy) is 1. The van der Waals surface area contributed by atoms with E-state index in [-0.39, 0.29) is 29.2 Å². The molecular weight excluding hydrogens is 488 g/mol. The summed E-state index contributed by atoms with van der Waals surface area (Å²) in [5, 5.41) is 2.69. The quantitative estimate of drug-likeness (QED) is 0.483. The molecule has 2 bridgehead atoms. The fourth-order valence-corrected chi connectivity index (χ4v) is 5.79. The number of esters is 1. The van der Waals surface area contributed by atoms with Gasteiger partial charge in [-0.2, -0.15) is 0 Å². The van der Waals surface area contributed by atoms with Crippen LogP contribution in [0, 0.1) is 30.6 Å². The molecule has 2 aliphatic carbocycles. The fourth-order valence-electron chi connectivity index (χ4n) is 5.54. The van der Waals surface area contributed by atoms with Crippen LogP contribution in [-0.4, -0.2) is 30.3 Å². The third-order valence-corrected chi connectivity index (χ3v) is 7.95. The Balaban J connectivity index is 1.19. The van der Waals surface area contributed by atoms with Crippen LogP contribution in [0.3, 0.4) is 0 Å². The van der Waals surface area contributed by atoms with Gasteiger partial charge >= 0.3 is 5.97 Å². The average Bonchev–Trinajstić information content (AvgIpc) is 3.48. The van der Waals surface area contributed by atoms with E-state index in [0.717, 1.165) is 29.3 Å². The van der Waals surface area contributed by atoms with Gasteiger partial charge < -0.3 is 10.1 Å². The molecule has 2 saturated carbocycles. The molecule has 3 aliphatic rings. The van der Waals surface area contributed by atoms with Gasteiger partial charge in [0, 0.05) is 10.2 Å². The Bertz CT molecular complexity index is 1130. The molecule has 1 aliphatic heterocycles. The van der Waals surface area contributed by atoms with Gasteiger partial charge in [-0.3, -0.25) is 19.3 Å². The Morgan fingerprint density at radius 2 is 1.67 bits per heavy atom. The number of fused-ring (bicyclic) bond motifs is 5. The Kier molecular flexibility index (Phi) is 5.56. The van der Waals surface area contributed by atoms with Crippen molar-refractivity contribution >= 4 is 51.0 Å². The summed E-state index contributed by atoms with van der Waals surface area (Å²) in [5.74, 6) is -1.07. The van der Waals surface area contributed by atoms with E-state index in [0.29, 0.717) is 23.2 Å². The number of halogens is 1. The summed E-state index contributed by atoms with van der Waals surface area (Å²) < 4.78 is 6.05. The normalized spacial score (nSPS) is 25.3. The molecule has 2 aromatic rings. The first kappa shape index (κ1) is 21.8. The molecule has 0 spiro atoms. The maximum Gasteiger partial charge on any atom is 0.338 e. The molecule has 33 heavy (non-hydrogen) atoms. The van der Waals surface area contributed by atoms with Crippen molar-refractivity contribution in [2.24, 2.45) is 23.7 Å². The number of hydrogen-bond donors (Lipinski definition) is 1. The number of amides is 3. The van der Waals surface area contributed by atoms with Crippen molar-refractivity contribution in [2.75, 3.05) is 16.8 Å². The van der Waals surface area contributed by atoms with Gasteiger partial charge in [0.05, 0.1) is 23.1 Å². The van der Waals surface area contributed by atoms with Gasteiger partial charge in [-0.05, 0) is 86.1 Å². The summed E-state index contributed by atoms with van der Waals surface area (Å²) in [4.78, 5) is 51.6. The van der Waals surface area contributed by atoms with Gasteiger partial charge in [-0.25, -0.2) is 4.79 Å². The zero-order valence-electron chi connectivity index (χ0n) is 18.0. The number of benzene rings is 2. The topological polar surface area (TPSA) is 92.8 Å². The van der Waals surface area contributed by atoms with E-state index in [9.17, 15) is 19.2 Å². The van der Waals surface area contributed by atoms with Crippen LogP contribution in [0.1, 0.15) is 35.2 Å². The molecule has 1 heterocycles. The minimum atomic E-state index is -0.655. The van der Waals surface area contributed by atoms with Crippen molar-refractivity contribution in [2.45, 2.75) is 26.2 Å². The second-order valence-electron chi connectivity index (χ2n) is 9.03.